The Morgan fingerprint density at radius 1 is 1.38 bits per heavy atom. The molecule has 2 bridgehead atoms. The summed E-state index contributed by atoms with van der Waals surface area (Å²) < 4.78 is 34.6. The van der Waals surface area contributed by atoms with Crippen LogP contribution in [-0.2, 0) is 24.3 Å². The Hall–Kier alpha value is -1.31. The lowest BCUT2D eigenvalue weighted by atomic mass is 10.00. The van der Waals surface area contributed by atoms with E-state index in [4.69, 9.17) is 15.1 Å². The smallest absolute Gasteiger partial charge is 0.364 e. The van der Waals surface area contributed by atoms with E-state index in [1.807, 2.05) is 0 Å². The Morgan fingerprint density at radius 3 is 2.71 bits per heavy atom. The van der Waals surface area contributed by atoms with Gasteiger partial charge in [0.25, 0.3) is 5.91 Å². The van der Waals surface area contributed by atoms with Gasteiger partial charge in [-0.25, -0.2) is 4.79 Å². The molecule has 0 aromatic carbocycles. The molecule has 3 fully saturated rings. The van der Waals surface area contributed by atoms with Crippen LogP contribution in [0.1, 0.15) is 25.7 Å². The van der Waals surface area contributed by atoms with E-state index in [1.54, 1.807) is 0 Å². The van der Waals surface area contributed by atoms with Crippen molar-refractivity contribution in [2.24, 2.45) is 5.73 Å². The van der Waals surface area contributed by atoms with Gasteiger partial charge in [0.2, 0.25) is 6.04 Å². The Kier molecular flexibility index (Phi) is 4.53. The molecule has 4 N–H and O–H groups in total. The fourth-order valence-corrected chi connectivity index (χ4v) is 4.08. The van der Waals surface area contributed by atoms with Gasteiger partial charge in [0.05, 0.1) is 0 Å². The lowest BCUT2D eigenvalue weighted by Crippen LogP contribution is -2.65. The summed E-state index contributed by atoms with van der Waals surface area (Å²) in [6.45, 7) is 1.40. The van der Waals surface area contributed by atoms with Crippen LogP contribution < -0.4 is 11.1 Å². The number of rotatable bonds is 5. The average Bonchev–Trinajstić information content (AvgIpc) is 2.68. The van der Waals surface area contributed by atoms with Crippen LogP contribution in [0.4, 0.5) is 4.79 Å². The number of amides is 3. The summed E-state index contributed by atoms with van der Waals surface area (Å²) in [6, 6.07) is -2.39. The van der Waals surface area contributed by atoms with Crippen LogP contribution in [0.15, 0.2) is 0 Å². The molecular weight excluding hydrogens is 344 g/mol. The van der Waals surface area contributed by atoms with Crippen molar-refractivity contribution in [1.29, 1.82) is 0 Å². The van der Waals surface area contributed by atoms with Crippen molar-refractivity contribution >= 4 is 22.3 Å². The van der Waals surface area contributed by atoms with E-state index in [0.717, 1.165) is 13.0 Å². The minimum Gasteiger partial charge on any atom is -0.364 e. The number of carbonyl (C=O) groups is 2. The zero-order valence-electron chi connectivity index (χ0n) is 13.0. The van der Waals surface area contributed by atoms with Crippen LogP contribution in [0, 0.1) is 0 Å². The number of primary amides is 1. The second-order valence-corrected chi connectivity index (χ2v) is 7.32. The molecule has 136 valence electrons. The lowest BCUT2D eigenvalue weighted by molar-refractivity contribution is -1.06. The predicted molar refractivity (Wildman–Crippen MR) is 78.0 cm³/mol. The highest BCUT2D eigenvalue weighted by Crippen LogP contribution is 2.39. The van der Waals surface area contributed by atoms with Crippen molar-refractivity contribution in [3.63, 3.8) is 0 Å². The van der Waals surface area contributed by atoms with Gasteiger partial charge in [-0.3, -0.25) is 9.35 Å². The van der Waals surface area contributed by atoms with Gasteiger partial charge in [-0.2, -0.15) is 13.3 Å². The molecule has 0 spiro atoms. The molecule has 11 nitrogen and oxygen atoms in total. The summed E-state index contributed by atoms with van der Waals surface area (Å²) in [5, 5.41) is 3.74. The Morgan fingerprint density at radius 2 is 2.12 bits per heavy atom. The standard InChI is InChI=1S/C12H20N4O7S/c13-11(17)10-4-3-8-7-16(10,22-9-2-1-5-14-6-9)12(18)15(8)23-24(19,20)21/h8-10,14H,1-7H2,(H2-,13,17,19,20,21)/p+1/t8-,9+,10+,16?/m1/s1. The third kappa shape index (κ3) is 3.12. The van der Waals surface area contributed by atoms with Crippen molar-refractivity contribution in [2.75, 3.05) is 19.6 Å². The Labute approximate surface area is 139 Å². The molecule has 3 heterocycles. The summed E-state index contributed by atoms with van der Waals surface area (Å²) >= 11 is 0. The van der Waals surface area contributed by atoms with Crippen LogP contribution in [-0.4, -0.2) is 72.4 Å². The van der Waals surface area contributed by atoms with Crippen LogP contribution in [0.3, 0.4) is 0 Å². The van der Waals surface area contributed by atoms with E-state index >= 15 is 0 Å². The number of piperidine rings is 2. The quantitative estimate of drug-likeness (QED) is 0.401. The van der Waals surface area contributed by atoms with Gasteiger partial charge in [-0.1, -0.05) is 4.65 Å². The Balaban J connectivity index is 1.90. The molecule has 0 radical (unpaired) electrons. The molecule has 0 aromatic heterocycles. The topological polar surface area (TPSA) is 148 Å². The van der Waals surface area contributed by atoms with Crippen LogP contribution in [0.2, 0.25) is 0 Å². The molecule has 0 saturated carbocycles. The first-order valence-corrected chi connectivity index (χ1v) is 9.16. The second-order valence-electron chi connectivity index (χ2n) is 6.31. The van der Waals surface area contributed by atoms with E-state index in [0.29, 0.717) is 24.4 Å². The number of hydroxylamine groups is 5. The van der Waals surface area contributed by atoms with Gasteiger partial charge in [0, 0.05) is 13.0 Å². The molecular formula is C12H21N4O7S+. The molecule has 1 unspecified atom stereocenters. The highest BCUT2D eigenvalue weighted by molar-refractivity contribution is 7.80. The van der Waals surface area contributed by atoms with Gasteiger partial charge in [0.15, 0.2) is 0 Å². The number of hydrogen-bond acceptors (Lipinski definition) is 7. The highest BCUT2D eigenvalue weighted by atomic mass is 32.3. The van der Waals surface area contributed by atoms with Crippen LogP contribution in [0.25, 0.3) is 0 Å². The predicted octanol–water partition coefficient (Wildman–Crippen LogP) is -1.33. The maximum absolute atomic E-state index is 12.8. The molecule has 3 amide bonds. The summed E-state index contributed by atoms with van der Waals surface area (Å²) in [4.78, 5) is 30.6. The van der Waals surface area contributed by atoms with E-state index < -0.39 is 39.1 Å². The summed E-state index contributed by atoms with van der Waals surface area (Å²) in [5.74, 6) is -0.695. The molecule has 3 aliphatic heterocycles. The van der Waals surface area contributed by atoms with Gasteiger partial charge >= 0.3 is 16.4 Å². The fourth-order valence-electron chi connectivity index (χ4n) is 3.70. The molecule has 3 aliphatic rings. The third-order valence-electron chi connectivity index (χ3n) is 4.69. The number of carbonyl (C=O) groups excluding carboxylic acids is 2. The van der Waals surface area contributed by atoms with E-state index in [2.05, 4.69) is 9.60 Å². The molecule has 4 atom stereocenters. The average molecular weight is 365 g/mol. The van der Waals surface area contributed by atoms with Crippen molar-refractivity contribution in [3.8, 4) is 0 Å². The highest BCUT2D eigenvalue weighted by Gasteiger charge is 2.66. The van der Waals surface area contributed by atoms with Crippen molar-refractivity contribution in [3.05, 3.63) is 0 Å². The fraction of sp³-hybridized carbons (Fsp3) is 0.833. The minimum atomic E-state index is -4.87. The zero-order chi connectivity index (χ0) is 17.5. The largest absolute Gasteiger partial charge is 0.477 e. The van der Waals surface area contributed by atoms with Gasteiger partial charge in [0.1, 0.15) is 18.7 Å². The molecule has 0 aliphatic carbocycles. The number of urea groups is 1. The van der Waals surface area contributed by atoms with Gasteiger partial charge < -0.3 is 11.1 Å². The number of nitrogens with zero attached hydrogens (tertiary/aromatic N) is 2. The van der Waals surface area contributed by atoms with Gasteiger partial charge in [-0.05, 0) is 25.8 Å². The maximum Gasteiger partial charge on any atom is 0.477 e. The number of fused-ring (bicyclic) bond motifs is 2. The van der Waals surface area contributed by atoms with Crippen molar-refractivity contribution in [2.45, 2.75) is 43.9 Å². The first-order chi connectivity index (χ1) is 11.2. The molecule has 0 aromatic rings. The SMILES string of the molecule is NC(=O)[C@@H]1CC[C@@H]2C[N+]1(O[C@H]1CCCNC1)C(=O)N2OS(=O)(=O)O. The number of nitrogens with one attached hydrogen (secondary N) is 1. The molecule has 12 heteroatoms. The van der Waals surface area contributed by atoms with Crippen molar-refractivity contribution in [1.82, 2.24) is 10.4 Å². The summed E-state index contributed by atoms with van der Waals surface area (Å²) in [7, 11) is -4.87. The van der Waals surface area contributed by atoms with Crippen molar-refractivity contribution < 1.29 is 36.3 Å². The van der Waals surface area contributed by atoms with Gasteiger partial charge in [-0.15, -0.1) is 9.35 Å². The van der Waals surface area contributed by atoms with Crippen LogP contribution in [0.5, 0.6) is 0 Å². The first kappa shape index (κ1) is 17.5. The zero-order valence-corrected chi connectivity index (χ0v) is 13.8. The van der Waals surface area contributed by atoms with E-state index in [-0.39, 0.29) is 19.1 Å². The minimum absolute atomic E-state index is 0.0401. The second kappa shape index (κ2) is 6.20. The molecule has 3 saturated heterocycles. The maximum atomic E-state index is 12.8. The lowest BCUT2D eigenvalue weighted by Gasteiger charge is -2.38. The normalized spacial score (nSPS) is 36.8. The summed E-state index contributed by atoms with van der Waals surface area (Å²) in [5.41, 5.74) is 5.45. The number of nitrogens with two attached hydrogens (primary N) is 1. The molecule has 24 heavy (non-hydrogen) atoms. The summed E-state index contributed by atoms with van der Waals surface area (Å²) in [6.07, 6.45) is 1.83. The third-order valence-corrected chi connectivity index (χ3v) is 5.04. The van der Waals surface area contributed by atoms with E-state index in [1.165, 1.54) is 0 Å². The Bertz CT molecular complexity index is 635. The van der Waals surface area contributed by atoms with Crippen LogP contribution >= 0.6 is 0 Å². The molecule has 3 rings (SSSR count). The number of quaternary nitrogens is 1. The monoisotopic (exact) mass is 365 g/mol. The first-order valence-electron chi connectivity index (χ1n) is 7.80. The van der Waals surface area contributed by atoms with E-state index in [9.17, 15) is 18.0 Å². The number of hydrogen-bond donors (Lipinski definition) is 3.